The topological polar surface area (TPSA) is 26.3 Å². The van der Waals surface area contributed by atoms with Crippen LogP contribution >= 0.6 is 0 Å². The molecule has 0 spiro atoms. The van der Waals surface area contributed by atoms with Crippen molar-refractivity contribution in [2.45, 2.75) is 77.6 Å². The molecule has 0 bridgehead atoms. The van der Waals surface area contributed by atoms with Gasteiger partial charge in [-0.15, -0.1) is 6.58 Å². The normalized spacial score (nSPS) is 10.3. The standard InChI is InChI=1S/C16H30O2/c1-3-5-7-8-9-10-11-12-13-14-16(17)18-15-6-4-2/h3H,1,4-15H2,2H3. The predicted octanol–water partition coefficient (Wildman–Crippen LogP) is 5.03. The molecule has 2 nitrogen and oxygen atoms in total. The first-order valence-corrected chi connectivity index (χ1v) is 7.57. The Morgan fingerprint density at radius 2 is 1.61 bits per heavy atom. The maximum atomic E-state index is 11.3. The molecule has 0 unspecified atom stereocenters. The first-order chi connectivity index (χ1) is 8.81. The van der Waals surface area contributed by atoms with Gasteiger partial charge in [-0.05, 0) is 25.7 Å². The second-order valence-corrected chi connectivity index (χ2v) is 4.88. The zero-order valence-corrected chi connectivity index (χ0v) is 12.1. The minimum absolute atomic E-state index is 0.0190. The van der Waals surface area contributed by atoms with Gasteiger partial charge in [0.25, 0.3) is 0 Å². The van der Waals surface area contributed by atoms with Gasteiger partial charge < -0.3 is 4.74 Å². The number of rotatable bonds is 13. The van der Waals surface area contributed by atoms with E-state index in [1.807, 2.05) is 6.08 Å². The summed E-state index contributed by atoms with van der Waals surface area (Å²) in [5, 5.41) is 0. The van der Waals surface area contributed by atoms with E-state index in [1.165, 1.54) is 32.1 Å². The zero-order chi connectivity index (χ0) is 13.5. The fourth-order valence-corrected chi connectivity index (χ4v) is 1.84. The third kappa shape index (κ3) is 13.3. The number of esters is 1. The average molecular weight is 254 g/mol. The van der Waals surface area contributed by atoms with Crippen molar-refractivity contribution in [3.05, 3.63) is 12.7 Å². The van der Waals surface area contributed by atoms with E-state index in [9.17, 15) is 4.79 Å². The summed E-state index contributed by atoms with van der Waals surface area (Å²) in [7, 11) is 0. The largest absolute Gasteiger partial charge is 0.466 e. The molecule has 0 fully saturated rings. The summed E-state index contributed by atoms with van der Waals surface area (Å²) in [6, 6.07) is 0. The minimum atomic E-state index is -0.0190. The summed E-state index contributed by atoms with van der Waals surface area (Å²) in [5.41, 5.74) is 0. The number of unbranched alkanes of at least 4 members (excludes halogenated alkanes) is 8. The van der Waals surface area contributed by atoms with Gasteiger partial charge in [-0.2, -0.15) is 0 Å². The van der Waals surface area contributed by atoms with Crippen molar-refractivity contribution in [1.29, 1.82) is 0 Å². The zero-order valence-electron chi connectivity index (χ0n) is 12.1. The van der Waals surface area contributed by atoms with E-state index >= 15 is 0 Å². The monoisotopic (exact) mass is 254 g/mol. The molecule has 0 aromatic heterocycles. The van der Waals surface area contributed by atoms with Crippen LogP contribution in [-0.2, 0) is 9.53 Å². The molecule has 0 rings (SSSR count). The van der Waals surface area contributed by atoms with E-state index in [1.54, 1.807) is 0 Å². The van der Waals surface area contributed by atoms with Gasteiger partial charge in [-0.1, -0.05) is 51.5 Å². The highest BCUT2D eigenvalue weighted by molar-refractivity contribution is 5.69. The third-order valence-electron chi connectivity index (χ3n) is 3.05. The maximum Gasteiger partial charge on any atom is 0.305 e. The molecule has 0 saturated heterocycles. The molecule has 0 heterocycles. The molecule has 0 aliphatic heterocycles. The number of hydrogen-bond donors (Lipinski definition) is 0. The van der Waals surface area contributed by atoms with Crippen molar-refractivity contribution in [3.8, 4) is 0 Å². The Labute approximate surface area is 113 Å². The predicted molar refractivity (Wildman–Crippen MR) is 77.6 cm³/mol. The van der Waals surface area contributed by atoms with Gasteiger partial charge in [0.2, 0.25) is 0 Å². The second-order valence-electron chi connectivity index (χ2n) is 4.88. The number of ether oxygens (including phenoxy) is 1. The van der Waals surface area contributed by atoms with Crippen molar-refractivity contribution >= 4 is 5.97 Å². The van der Waals surface area contributed by atoms with Gasteiger partial charge in [-0.25, -0.2) is 0 Å². The Morgan fingerprint density at radius 1 is 1.00 bits per heavy atom. The molecule has 0 atom stereocenters. The number of carbonyl (C=O) groups is 1. The maximum absolute atomic E-state index is 11.3. The quantitative estimate of drug-likeness (QED) is 0.262. The molecule has 0 aromatic carbocycles. The van der Waals surface area contributed by atoms with Gasteiger partial charge in [0.1, 0.15) is 0 Å². The molecule has 0 aliphatic carbocycles. The van der Waals surface area contributed by atoms with Gasteiger partial charge in [0.15, 0.2) is 0 Å². The molecule has 0 N–H and O–H groups in total. The highest BCUT2D eigenvalue weighted by atomic mass is 16.5. The number of carbonyl (C=O) groups excluding carboxylic acids is 1. The Kier molecular flexibility index (Phi) is 13.6. The van der Waals surface area contributed by atoms with E-state index in [0.29, 0.717) is 13.0 Å². The SMILES string of the molecule is C=CCCCCCCCCCC(=O)OCCCC. The van der Waals surface area contributed by atoms with Crippen LogP contribution in [0.1, 0.15) is 77.6 Å². The van der Waals surface area contributed by atoms with Crippen molar-refractivity contribution in [2.24, 2.45) is 0 Å². The molecule has 0 saturated carbocycles. The van der Waals surface area contributed by atoms with Crippen molar-refractivity contribution < 1.29 is 9.53 Å². The lowest BCUT2D eigenvalue weighted by molar-refractivity contribution is -0.143. The Bertz CT molecular complexity index is 199. The Balaban J connectivity index is 3.10. The molecule has 0 aromatic rings. The van der Waals surface area contributed by atoms with Crippen molar-refractivity contribution in [1.82, 2.24) is 0 Å². The summed E-state index contributed by atoms with van der Waals surface area (Å²) in [6.45, 7) is 6.41. The van der Waals surface area contributed by atoms with Crippen LogP contribution in [0.4, 0.5) is 0 Å². The summed E-state index contributed by atoms with van der Waals surface area (Å²) >= 11 is 0. The van der Waals surface area contributed by atoms with Crippen LogP contribution < -0.4 is 0 Å². The summed E-state index contributed by atoms with van der Waals surface area (Å²) in [4.78, 5) is 11.3. The lowest BCUT2D eigenvalue weighted by atomic mass is 10.1. The van der Waals surface area contributed by atoms with E-state index in [4.69, 9.17) is 4.74 Å². The fraction of sp³-hybridized carbons (Fsp3) is 0.812. The van der Waals surface area contributed by atoms with E-state index in [2.05, 4.69) is 13.5 Å². The smallest absolute Gasteiger partial charge is 0.305 e. The number of hydrogen-bond acceptors (Lipinski definition) is 2. The molecular weight excluding hydrogens is 224 g/mol. The lowest BCUT2D eigenvalue weighted by Gasteiger charge is -2.04. The summed E-state index contributed by atoms with van der Waals surface area (Å²) in [5.74, 6) is -0.0190. The lowest BCUT2D eigenvalue weighted by Crippen LogP contribution is -2.05. The third-order valence-corrected chi connectivity index (χ3v) is 3.05. The Hall–Kier alpha value is -0.790. The van der Waals surface area contributed by atoms with Crippen LogP contribution in [0.15, 0.2) is 12.7 Å². The van der Waals surface area contributed by atoms with Crippen LogP contribution in [0.5, 0.6) is 0 Å². The van der Waals surface area contributed by atoms with Crippen LogP contribution in [0.3, 0.4) is 0 Å². The summed E-state index contributed by atoms with van der Waals surface area (Å²) in [6.07, 6.45) is 14.4. The van der Waals surface area contributed by atoms with Crippen molar-refractivity contribution in [2.75, 3.05) is 6.61 Å². The highest BCUT2D eigenvalue weighted by Gasteiger charge is 2.01. The molecule has 18 heavy (non-hydrogen) atoms. The first kappa shape index (κ1) is 17.2. The van der Waals surface area contributed by atoms with Gasteiger partial charge in [0, 0.05) is 6.42 Å². The van der Waals surface area contributed by atoms with Crippen LogP contribution in [-0.4, -0.2) is 12.6 Å². The first-order valence-electron chi connectivity index (χ1n) is 7.57. The molecule has 0 radical (unpaired) electrons. The van der Waals surface area contributed by atoms with E-state index in [0.717, 1.165) is 32.1 Å². The van der Waals surface area contributed by atoms with Gasteiger partial charge >= 0.3 is 5.97 Å². The average Bonchev–Trinajstić information content (AvgIpc) is 2.37. The highest BCUT2D eigenvalue weighted by Crippen LogP contribution is 2.10. The molecule has 2 heteroatoms. The molecule has 0 amide bonds. The van der Waals surface area contributed by atoms with Crippen LogP contribution in [0.2, 0.25) is 0 Å². The molecule has 106 valence electrons. The van der Waals surface area contributed by atoms with Crippen LogP contribution in [0.25, 0.3) is 0 Å². The van der Waals surface area contributed by atoms with Crippen molar-refractivity contribution in [3.63, 3.8) is 0 Å². The molecular formula is C16H30O2. The number of allylic oxidation sites excluding steroid dienone is 1. The fourth-order valence-electron chi connectivity index (χ4n) is 1.84. The molecule has 0 aliphatic rings. The van der Waals surface area contributed by atoms with Gasteiger partial charge in [0.05, 0.1) is 6.61 Å². The van der Waals surface area contributed by atoms with Crippen LogP contribution in [0, 0.1) is 0 Å². The van der Waals surface area contributed by atoms with E-state index < -0.39 is 0 Å². The Morgan fingerprint density at radius 3 is 2.22 bits per heavy atom. The minimum Gasteiger partial charge on any atom is -0.466 e. The summed E-state index contributed by atoms with van der Waals surface area (Å²) < 4.78 is 5.11. The second kappa shape index (κ2) is 14.3. The van der Waals surface area contributed by atoms with Gasteiger partial charge in [-0.3, -0.25) is 4.79 Å². The van der Waals surface area contributed by atoms with E-state index in [-0.39, 0.29) is 5.97 Å².